The molecule has 0 saturated carbocycles. The Balaban J connectivity index is -0.000000733. The molecule has 3 heteroatoms. The summed E-state index contributed by atoms with van der Waals surface area (Å²) in [5, 5.41) is 0. The third-order valence-electron chi connectivity index (χ3n) is 4.00. The molecule has 1 aliphatic heterocycles. The lowest BCUT2D eigenvalue weighted by Gasteiger charge is -2.33. The first-order valence-corrected chi connectivity index (χ1v) is 11.7. The molecule has 3 nitrogen and oxygen atoms in total. The van der Waals surface area contributed by atoms with E-state index in [1.807, 2.05) is 66.4 Å². The summed E-state index contributed by atoms with van der Waals surface area (Å²) in [5.74, 6) is 0.631. The Hall–Kier alpha value is -1.51. The van der Waals surface area contributed by atoms with Gasteiger partial charge in [0.1, 0.15) is 5.60 Å². The number of piperidine rings is 1. The number of carbonyl (C=O) groups is 1. The molecule has 0 N–H and O–H groups in total. The van der Waals surface area contributed by atoms with E-state index in [9.17, 15) is 4.79 Å². The highest BCUT2D eigenvalue weighted by Gasteiger charge is 2.26. The minimum atomic E-state index is -0.417. The fraction of sp³-hybridized carbons (Fsp3) is 0.731. The van der Waals surface area contributed by atoms with Crippen molar-refractivity contribution in [2.24, 2.45) is 5.92 Å². The van der Waals surface area contributed by atoms with E-state index in [1.165, 1.54) is 18.4 Å². The van der Waals surface area contributed by atoms with Gasteiger partial charge in [-0.15, -0.1) is 0 Å². The summed E-state index contributed by atoms with van der Waals surface area (Å²) in [6, 6.07) is 0. The van der Waals surface area contributed by atoms with Crippen molar-refractivity contribution in [2.75, 3.05) is 13.1 Å². The summed E-state index contributed by atoms with van der Waals surface area (Å²) in [5.41, 5.74) is 0.892. The van der Waals surface area contributed by atoms with Crippen molar-refractivity contribution in [3.8, 4) is 0 Å². The molecule has 1 fully saturated rings. The first-order chi connectivity index (χ1) is 13.8. The standard InChI is InChI=1S/C18H29NO2.C4H10.2C2H6/c1-6-8-15(9-7-2)14-16-10-12-19(13-11-16)17(20)21-18(3,4)5;1-3-4-2;2*1-2/h6-9,16H,1,10-14H2,2-5H3;3-4H2,1-2H3;2*1-2H3/b9-7-,15-8+;;;. The van der Waals surface area contributed by atoms with Gasteiger partial charge >= 0.3 is 6.09 Å². The third kappa shape index (κ3) is 19.6. The van der Waals surface area contributed by atoms with Gasteiger partial charge in [-0.25, -0.2) is 4.79 Å². The Kier molecular flexibility index (Phi) is 23.5. The number of unbranched alkanes of at least 4 members (excludes halogenated alkanes) is 1. The highest BCUT2D eigenvalue weighted by molar-refractivity contribution is 5.68. The van der Waals surface area contributed by atoms with Crippen molar-refractivity contribution in [3.63, 3.8) is 0 Å². The Morgan fingerprint density at radius 3 is 1.90 bits per heavy atom. The van der Waals surface area contributed by atoms with Crippen LogP contribution in [0.4, 0.5) is 4.79 Å². The van der Waals surface area contributed by atoms with Gasteiger partial charge in [0.15, 0.2) is 0 Å². The summed E-state index contributed by atoms with van der Waals surface area (Å²) in [4.78, 5) is 13.8. The second-order valence-corrected chi connectivity index (χ2v) is 7.59. The largest absolute Gasteiger partial charge is 0.444 e. The maximum absolute atomic E-state index is 12.0. The lowest BCUT2D eigenvalue weighted by molar-refractivity contribution is 0.0184. The molecule has 1 heterocycles. The molecule has 1 aliphatic rings. The molecule has 1 amide bonds. The molecule has 172 valence electrons. The monoisotopic (exact) mass is 409 g/mol. The van der Waals surface area contributed by atoms with Crippen LogP contribution in [0.2, 0.25) is 0 Å². The summed E-state index contributed by atoms with van der Waals surface area (Å²) in [6.45, 7) is 25.4. The van der Waals surface area contributed by atoms with Crippen molar-refractivity contribution < 1.29 is 9.53 Å². The highest BCUT2D eigenvalue weighted by atomic mass is 16.6. The lowest BCUT2D eigenvalue weighted by Crippen LogP contribution is -2.41. The molecule has 0 atom stereocenters. The normalized spacial score (nSPS) is 14.6. The Morgan fingerprint density at radius 2 is 1.55 bits per heavy atom. The molecule has 0 unspecified atom stereocenters. The molecule has 1 saturated heterocycles. The fourth-order valence-electron chi connectivity index (χ4n) is 2.54. The number of carbonyl (C=O) groups excluding carboxylic acids is 1. The van der Waals surface area contributed by atoms with Gasteiger partial charge in [-0.05, 0) is 58.4 Å². The molecule has 0 aromatic carbocycles. The van der Waals surface area contributed by atoms with E-state index in [-0.39, 0.29) is 6.09 Å². The number of likely N-dealkylation sites (tertiary alicyclic amines) is 1. The minimum Gasteiger partial charge on any atom is -0.444 e. The molecule has 0 spiro atoms. The van der Waals surface area contributed by atoms with E-state index >= 15 is 0 Å². The number of allylic oxidation sites excluding steroid dienone is 5. The van der Waals surface area contributed by atoms with Crippen LogP contribution in [0, 0.1) is 5.92 Å². The Bertz CT molecular complexity index is 434. The third-order valence-corrected chi connectivity index (χ3v) is 4.00. The second-order valence-electron chi connectivity index (χ2n) is 7.59. The molecule has 0 bridgehead atoms. The summed E-state index contributed by atoms with van der Waals surface area (Å²) in [6.07, 6.45) is 13.7. The van der Waals surface area contributed by atoms with Gasteiger partial charge in [-0.3, -0.25) is 0 Å². The first kappa shape index (κ1) is 32.2. The van der Waals surface area contributed by atoms with E-state index in [0.29, 0.717) is 5.92 Å². The number of hydrogen-bond donors (Lipinski definition) is 0. The molecule has 1 rings (SSSR count). The van der Waals surface area contributed by atoms with Crippen LogP contribution < -0.4 is 0 Å². The highest BCUT2D eigenvalue weighted by Crippen LogP contribution is 2.25. The van der Waals surface area contributed by atoms with Crippen molar-refractivity contribution in [2.45, 2.75) is 107 Å². The first-order valence-electron chi connectivity index (χ1n) is 11.7. The van der Waals surface area contributed by atoms with E-state index in [2.05, 4.69) is 38.7 Å². The van der Waals surface area contributed by atoms with Crippen LogP contribution in [0.25, 0.3) is 0 Å². The number of rotatable bonds is 5. The van der Waals surface area contributed by atoms with E-state index in [4.69, 9.17) is 4.74 Å². The number of ether oxygens (including phenoxy) is 1. The van der Waals surface area contributed by atoms with E-state index < -0.39 is 5.60 Å². The number of hydrogen-bond acceptors (Lipinski definition) is 2. The molecule has 0 aromatic rings. The van der Waals surface area contributed by atoms with Gasteiger partial charge in [0, 0.05) is 13.1 Å². The predicted molar refractivity (Wildman–Crippen MR) is 132 cm³/mol. The Labute approximate surface area is 183 Å². The smallest absolute Gasteiger partial charge is 0.410 e. The average Bonchev–Trinajstić information content (AvgIpc) is 2.71. The zero-order valence-electron chi connectivity index (χ0n) is 21.3. The maximum atomic E-state index is 12.0. The second kappa shape index (κ2) is 21.2. The lowest BCUT2D eigenvalue weighted by atomic mass is 9.90. The number of amides is 1. The molecular weight excluding hydrogens is 358 g/mol. The van der Waals surface area contributed by atoms with Crippen LogP contribution in [-0.4, -0.2) is 29.7 Å². The van der Waals surface area contributed by atoms with Crippen LogP contribution in [0.3, 0.4) is 0 Å². The van der Waals surface area contributed by atoms with Crippen molar-refractivity contribution in [1.82, 2.24) is 4.90 Å². The van der Waals surface area contributed by atoms with Crippen molar-refractivity contribution in [1.29, 1.82) is 0 Å². The summed E-state index contributed by atoms with van der Waals surface area (Å²) < 4.78 is 5.42. The van der Waals surface area contributed by atoms with E-state index in [0.717, 1.165) is 32.4 Å². The minimum absolute atomic E-state index is 0.184. The molecule has 0 aromatic heterocycles. The Morgan fingerprint density at radius 1 is 1.07 bits per heavy atom. The van der Waals surface area contributed by atoms with E-state index in [1.54, 1.807) is 0 Å². The fourth-order valence-corrected chi connectivity index (χ4v) is 2.54. The van der Waals surface area contributed by atoms with Crippen molar-refractivity contribution in [3.05, 3.63) is 36.5 Å². The van der Waals surface area contributed by atoms with Gasteiger partial charge < -0.3 is 9.64 Å². The predicted octanol–water partition coefficient (Wildman–Crippen LogP) is 8.57. The van der Waals surface area contributed by atoms with Gasteiger partial charge in [-0.1, -0.05) is 85.3 Å². The van der Waals surface area contributed by atoms with Crippen LogP contribution in [0.15, 0.2) is 36.5 Å². The van der Waals surface area contributed by atoms with Gasteiger partial charge in [-0.2, -0.15) is 0 Å². The number of nitrogens with zero attached hydrogens (tertiary/aromatic N) is 1. The molecular formula is C26H51NO2. The van der Waals surface area contributed by atoms with Gasteiger partial charge in [0.25, 0.3) is 0 Å². The zero-order chi connectivity index (χ0) is 23.3. The van der Waals surface area contributed by atoms with Gasteiger partial charge in [0.2, 0.25) is 0 Å². The summed E-state index contributed by atoms with van der Waals surface area (Å²) >= 11 is 0. The SMILES string of the molecule is C=C/C=C(\C=C/C)CC1CCN(C(=O)OC(C)(C)C)CC1.CC.CC.CCCC. The molecule has 0 aliphatic carbocycles. The van der Waals surface area contributed by atoms with Gasteiger partial charge in [0.05, 0.1) is 0 Å². The average molecular weight is 410 g/mol. The topological polar surface area (TPSA) is 29.5 Å². The van der Waals surface area contributed by atoms with Crippen molar-refractivity contribution >= 4 is 6.09 Å². The quantitative estimate of drug-likeness (QED) is 0.425. The summed E-state index contributed by atoms with van der Waals surface area (Å²) in [7, 11) is 0. The molecule has 29 heavy (non-hydrogen) atoms. The zero-order valence-corrected chi connectivity index (χ0v) is 21.3. The van der Waals surface area contributed by atoms with Crippen LogP contribution >= 0.6 is 0 Å². The van der Waals surface area contributed by atoms with Crippen LogP contribution in [0.5, 0.6) is 0 Å². The van der Waals surface area contributed by atoms with Crippen LogP contribution in [0.1, 0.15) is 101 Å². The maximum Gasteiger partial charge on any atom is 0.410 e. The van der Waals surface area contributed by atoms with Crippen LogP contribution in [-0.2, 0) is 4.74 Å². The molecule has 0 radical (unpaired) electrons.